The molecule has 1 aliphatic rings. The monoisotopic (exact) mass is 380 g/mol. The molecule has 0 aromatic heterocycles. The molecule has 0 radical (unpaired) electrons. The molecule has 28 heavy (non-hydrogen) atoms. The lowest BCUT2D eigenvalue weighted by Gasteiger charge is -2.16. The Morgan fingerprint density at radius 2 is 2.04 bits per heavy atom. The van der Waals surface area contributed by atoms with Gasteiger partial charge >= 0.3 is 0 Å². The van der Waals surface area contributed by atoms with Gasteiger partial charge in [0.25, 0.3) is 0 Å². The van der Waals surface area contributed by atoms with E-state index in [9.17, 15) is 4.79 Å². The summed E-state index contributed by atoms with van der Waals surface area (Å²) in [6, 6.07) is 16.3. The summed E-state index contributed by atoms with van der Waals surface area (Å²) in [6.45, 7) is 5.30. The molecule has 1 N–H and O–H groups in total. The maximum absolute atomic E-state index is 12.3. The summed E-state index contributed by atoms with van der Waals surface area (Å²) in [5.41, 5.74) is 2.20. The van der Waals surface area contributed by atoms with Gasteiger partial charge in [-0.25, -0.2) is 0 Å². The zero-order valence-electron chi connectivity index (χ0n) is 16.6. The molecule has 1 fully saturated rings. The van der Waals surface area contributed by atoms with E-state index in [4.69, 9.17) is 9.47 Å². The highest BCUT2D eigenvalue weighted by Crippen LogP contribution is 2.28. The Balaban J connectivity index is 1.51. The van der Waals surface area contributed by atoms with Crippen molar-refractivity contribution in [2.45, 2.75) is 25.9 Å². The maximum Gasteiger partial charge on any atom is 0.244 e. The van der Waals surface area contributed by atoms with Gasteiger partial charge in [-0.15, -0.1) is 0 Å². The number of hydrogen-bond donors (Lipinski definition) is 1. The van der Waals surface area contributed by atoms with Crippen LogP contribution in [0.1, 0.15) is 24.5 Å². The first kappa shape index (κ1) is 20.0. The van der Waals surface area contributed by atoms with Gasteiger partial charge in [-0.1, -0.05) is 36.4 Å². The zero-order valence-corrected chi connectivity index (χ0v) is 16.6. The largest absolute Gasteiger partial charge is 0.493 e. The number of amides is 1. The SMILES string of the molecule is CCOc1cc(/C=C/C(=O)NC2CCN(Cc3ccccc3)C2)ccc1OC. The van der Waals surface area contributed by atoms with Gasteiger partial charge in [-0.2, -0.15) is 0 Å². The van der Waals surface area contributed by atoms with E-state index in [1.807, 2.05) is 31.2 Å². The summed E-state index contributed by atoms with van der Waals surface area (Å²) in [5.74, 6) is 1.30. The first-order valence-corrected chi connectivity index (χ1v) is 9.73. The number of methoxy groups -OCH3 is 1. The van der Waals surface area contributed by atoms with Crippen molar-refractivity contribution in [1.82, 2.24) is 10.2 Å². The second-order valence-electron chi connectivity index (χ2n) is 6.89. The van der Waals surface area contributed by atoms with Crippen molar-refractivity contribution in [3.05, 3.63) is 65.7 Å². The molecule has 0 aliphatic carbocycles. The Kier molecular flexibility index (Phi) is 7.09. The molecule has 0 spiro atoms. The third-order valence-corrected chi connectivity index (χ3v) is 4.78. The van der Waals surface area contributed by atoms with E-state index in [2.05, 4.69) is 34.5 Å². The first-order valence-electron chi connectivity index (χ1n) is 9.73. The van der Waals surface area contributed by atoms with Crippen molar-refractivity contribution >= 4 is 12.0 Å². The number of carbonyl (C=O) groups is 1. The van der Waals surface area contributed by atoms with E-state index >= 15 is 0 Å². The Bertz CT molecular complexity index is 805. The molecular formula is C23H28N2O3. The van der Waals surface area contributed by atoms with Gasteiger partial charge in [0, 0.05) is 31.8 Å². The molecule has 1 atom stereocenters. The van der Waals surface area contributed by atoms with Crippen LogP contribution in [0.3, 0.4) is 0 Å². The average molecular weight is 380 g/mol. The van der Waals surface area contributed by atoms with Crippen molar-refractivity contribution in [2.75, 3.05) is 26.8 Å². The predicted octanol–water partition coefficient (Wildman–Crippen LogP) is 3.50. The molecule has 1 amide bonds. The van der Waals surface area contributed by atoms with Gasteiger partial charge in [-0.05, 0) is 42.7 Å². The van der Waals surface area contributed by atoms with Crippen LogP contribution in [-0.4, -0.2) is 43.7 Å². The Hall–Kier alpha value is -2.79. The molecule has 1 saturated heterocycles. The molecule has 1 heterocycles. The standard InChI is InChI=1S/C23H28N2O3/c1-3-28-22-15-18(9-11-21(22)27-2)10-12-23(26)24-20-13-14-25(17-20)16-19-7-5-4-6-8-19/h4-12,15,20H,3,13-14,16-17H2,1-2H3,(H,24,26)/b12-10+. The summed E-state index contributed by atoms with van der Waals surface area (Å²) in [4.78, 5) is 14.7. The maximum atomic E-state index is 12.3. The molecule has 2 aromatic carbocycles. The number of ether oxygens (including phenoxy) is 2. The van der Waals surface area contributed by atoms with Crippen LogP contribution >= 0.6 is 0 Å². The number of likely N-dealkylation sites (tertiary alicyclic amines) is 1. The van der Waals surface area contributed by atoms with Crippen LogP contribution < -0.4 is 14.8 Å². The van der Waals surface area contributed by atoms with Gasteiger partial charge in [0.15, 0.2) is 11.5 Å². The molecule has 1 aliphatic heterocycles. The van der Waals surface area contributed by atoms with Crippen LogP contribution in [0.2, 0.25) is 0 Å². The predicted molar refractivity (Wildman–Crippen MR) is 111 cm³/mol. The lowest BCUT2D eigenvalue weighted by molar-refractivity contribution is -0.117. The zero-order chi connectivity index (χ0) is 19.8. The van der Waals surface area contributed by atoms with Crippen LogP contribution in [0.5, 0.6) is 11.5 Å². The van der Waals surface area contributed by atoms with Crippen molar-refractivity contribution in [3.63, 3.8) is 0 Å². The molecule has 148 valence electrons. The number of rotatable bonds is 8. The van der Waals surface area contributed by atoms with E-state index in [1.165, 1.54) is 5.56 Å². The van der Waals surface area contributed by atoms with Gasteiger partial charge in [-0.3, -0.25) is 9.69 Å². The summed E-state index contributed by atoms with van der Waals surface area (Å²) in [6.07, 6.45) is 4.36. The normalized spacial score (nSPS) is 17.0. The summed E-state index contributed by atoms with van der Waals surface area (Å²) >= 11 is 0. The summed E-state index contributed by atoms with van der Waals surface area (Å²) < 4.78 is 10.9. The fourth-order valence-electron chi connectivity index (χ4n) is 3.42. The average Bonchev–Trinajstić information content (AvgIpc) is 3.14. The van der Waals surface area contributed by atoms with E-state index in [0.29, 0.717) is 18.1 Å². The molecular weight excluding hydrogens is 352 g/mol. The van der Waals surface area contributed by atoms with Gasteiger partial charge in [0.1, 0.15) is 0 Å². The third-order valence-electron chi connectivity index (χ3n) is 4.78. The van der Waals surface area contributed by atoms with Crippen molar-refractivity contribution < 1.29 is 14.3 Å². The highest BCUT2D eigenvalue weighted by molar-refractivity contribution is 5.92. The van der Waals surface area contributed by atoms with E-state index in [-0.39, 0.29) is 11.9 Å². The molecule has 3 rings (SSSR count). The van der Waals surface area contributed by atoms with Crippen LogP contribution in [0.25, 0.3) is 6.08 Å². The molecule has 0 bridgehead atoms. The number of hydrogen-bond acceptors (Lipinski definition) is 4. The second kappa shape index (κ2) is 9.95. The molecule has 5 nitrogen and oxygen atoms in total. The van der Waals surface area contributed by atoms with Crippen LogP contribution in [0.4, 0.5) is 0 Å². The highest BCUT2D eigenvalue weighted by Gasteiger charge is 2.23. The van der Waals surface area contributed by atoms with Gasteiger partial charge < -0.3 is 14.8 Å². The Labute approximate surface area is 167 Å². The number of nitrogens with one attached hydrogen (secondary N) is 1. The Morgan fingerprint density at radius 1 is 1.21 bits per heavy atom. The van der Waals surface area contributed by atoms with Crippen LogP contribution in [0.15, 0.2) is 54.6 Å². The van der Waals surface area contributed by atoms with E-state index in [0.717, 1.165) is 31.6 Å². The number of carbonyl (C=O) groups excluding carboxylic acids is 1. The quantitative estimate of drug-likeness (QED) is 0.712. The summed E-state index contributed by atoms with van der Waals surface area (Å²) in [5, 5.41) is 3.10. The lowest BCUT2D eigenvalue weighted by atomic mass is 10.2. The molecule has 0 saturated carbocycles. The minimum atomic E-state index is -0.0691. The minimum absolute atomic E-state index is 0.0691. The smallest absolute Gasteiger partial charge is 0.244 e. The summed E-state index contributed by atoms with van der Waals surface area (Å²) in [7, 11) is 1.61. The van der Waals surface area contributed by atoms with Crippen molar-refractivity contribution in [3.8, 4) is 11.5 Å². The molecule has 1 unspecified atom stereocenters. The number of nitrogens with zero attached hydrogens (tertiary/aromatic N) is 1. The third kappa shape index (κ3) is 5.60. The lowest BCUT2D eigenvalue weighted by Crippen LogP contribution is -2.35. The second-order valence-corrected chi connectivity index (χ2v) is 6.89. The fourth-order valence-corrected chi connectivity index (χ4v) is 3.42. The fraction of sp³-hybridized carbons (Fsp3) is 0.348. The van der Waals surface area contributed by atoms with Crippen LogP contribution in [0, 0.1) is 0 Å². The molecule has 5 heteroatoms. The van der Waals surface area contributed by atoms with Crippen LogP contribution in [-0.2, 0) is 11.3 Å². The van der Waals surface area contributed by atoms with E-state index in [1.54, 1.807) is 19.3 Å². The minimum Gasteiger partial charge on any atom is -0.493 e. The van der Waals surface area contributed by atoms with E-state index < -0.39 is 0 Å². The van der Waals surface area contributed by atoms with Crippen molar-refractivity contribution in [1.29, 1.82) is 0 Å². The highest BCUT2D eigenvalue weighted by atomic mass is 16.5. The Morgan fingerprint density at radius 3 is 2.79 bits per heavy atom. The van der Waals surface area contributed by atoms with Crippen molar-refractivity contribution in [2.24, 2.45) is 0 Å². The topological polar surface area (TPSA) is 50.8 Å². The van der Waals surface area contributed by atoms with Gasteiger partial charge in [0.05, 0.1) is 13.7 Å². The number of benzene rings is 2. The molecule has 2 aromatic rings. The van der Waals surface area contributed by atoms with Gasteiger partial charge in [0.2, 0.25) is 5.91 Å². The first-order chi connectivity index (χ1) is 13.7.